The van der Waals surface area contributed by atoms with E-state index in [1.165, 1.54) is 0 Å². The molecule has 1 atom stereocenters. The molecule has 1 unspecified atom stereocenters. The number of aromatic nitrogens is 2. The van der Waals surface area contributed by atoms with Gasteiger partial charge in [-0.05, 0) is 30.7 Å². The molecule has 0 saturated carbocycles. The van der Waals surface area contributed by atoms with Crippen LogP contribution < -0.4 is 15.4 Å². The Bertz CT molecular complexity index is 882. The predicted octanol–water partition coefficient (Wildman–Crippen LogP) is 3.59. The third-order valence-corrected chi connectivity index (χ3v) is 4.19. The Labute approximate surface area is 158 Å². The maximum absolute atomic E-state index is 12.3. The first-order chi connectivity index (χ1) is 13.2. The van der Waals surface area contributed by atoms with Crippen molar-refractivity contribution in [2.75, 3.05) is 12.4 Å². The van der Waals surface area contributed by atoms with E-state index in [1.54, 1.807) is 19.2 Å². The van der Waals surface area contributed by atoms with Crippen molar-refractivity contribution in [3.63, 3.8) is 0 Å². The second-order valence-corrected chi connectivity index (χ2v) is 6.08. The number of ether oxygens (including phenoxy) is 1. The fraction of sp³-hybridized carbons (Fsp3) is 0.190. The zero-order valence-corrected chi connectivity index (χ0v) is 15.3. The van der Waals surface area contributed by atoms with Gasteiger partial charge in [0.05, 0.1) is 7.11 Å². The molecule has 2 aromatic carbocycles. The minimum Gasteiger partial charge on any atom is -0.496 e. The summed E-state index contributed by atoms with van der Waals surface area (Å²) in [7, 11) is 1.61. The van der Waals surface area contributed by atoms with Gasteiger partial charge in [0.1, 0.15) is 11.6 Å². The van der Waals surface area contributed by atoms with Crippen LogP contribution in [-0.2, 0) is 6.54 Å². The summed E-state index contributed by atoms with van der Waals surface area (Å²) in [5.74, 6) is 1.07. The molecule has 138 valence electrons. The highest BCUT2D eigenvalue weighted by atomic mass is 16.5. The molecule has 27 heavy (non-hydrogen) atoms. The summed E-state index contributed by atoms with van der Waals surface area (Å²) in [4.78, 5) is 12.3. The number of nitrogens with zero attached hydrogens (tertiary/aromatic N) is 2. The lowest BCUT2D eigenvalue weighted by atomic mass is 10.1. The van der Waals surface area contributed by atoms with Gasteiger partial charge in [0, 0.05) is 18.2 Å². The van der Waals surface area contributed by atoms with Crippen LogP contribution >= 0.6 is 0 Å². The molecule has 0 aliphatic rings. The Morgan fingerprint density at radius 1 is 1.00 bits per heavy atom. The van der Waals surface area contributed by atoms with Crippen molar-refractivity contribution in [1.82, 2.24) is 15.5 Å². The minimum absolute atomic E-state index is 0.0886. The number of hydrogen-bond donors (Lipinski definition) is 2. The maximum Gasteiger partial charge on any atom is 0.272 e. The van der Waals surface area contributed by atoms with Gasteiger partial charge in [-0.1, -0.05) is 48.5 Å². The first kappa shape index (κ1) is 18.4. The third-order valence-electron chi connectivity index (χ3n) is 4.19. The fourth-order valence-corrected chi connectivity index (χ4v) is 2.69. The first-order valence-corrected chi connectivity index (χ1v) is 8.72. The number of carbonyl (C=O) groups excluding carboxylic acids is 1. The highest BCUT2D eigenvalue weighted by molar-refractivity contribution is 5.92. The van der Waals surface area contributed by atoms with Crippen LogP contribution in [0.2, 0.25) is 0 Å². The SMILES string of the molecule is COc1ccccc1CNC(=O)c1ccc(NC(C)c2ccccc2)nn1. The largest absolute Gasteiger partial charge is 0.496 e. The van der Waals surface area contributed by atoms with Crippen molar-refractivity contribution in [2.24, 2.45) is 0 Å². The van der Waals surface area contributed by atoms with Crippen LogP contribution in [0, 0.1) is 0 Å². The third kappa shape index (κ3) is 4.82. The van der Waals surface area contributed by atoms with Crippen molar-refractivity contribution in [3.05, 3.63) is 83.6 Å². The lowest BCUT2D eigenvalue weighted by molar-refractivity contribution is 0.0944. The van der Waals surface area contributed by atoms with Gasteiger partial charge in [-0.25, -0.2) is 0 Å². The van der Waals surface area contributed by atoms with Crippen molar-refractivity contribution < 1.29 is 9.53 Å². The second-order valence-electron chi connectivity index (χ2n) is 6.08. The second kappa shape index (κ2) is 8.80. The average Bonchev–Trinajstić information content (AvgIpc) is 2.73. The highest BCUT2D eigenvalue weighted by Crippen LogP contribution is 2.18. The van der Waals surface area contributed by atoms with Crippen LogP contribution in [0.4, 0.5) is 5.82 Å². The van der Waals surface area contributed by atoms with Crippen molar-refractivity contribution in [2.45, 2.75) is 19.5 Å². The van der Waals surface area contributed by atoms with Gasteiger partial charge in [0.15, 0.2) is 5.69 Å². The summed E-state index contributed by atoms with van der Waals surface area (Å²) in [5, 5.41) is 14.2. The molecule has 1 amide bonds. The minimum atomic E-state index is -0.281. The highest BCUT2D eigenvalue weighted by Gasteiger charge is 2.11. The predicted molar refractivity (Wildman–Crippen MR) is 105 cm³/mol. The van der Waals surface area contributed by atoms with Crippen LogP contribution in [0.25, 0.3) is 0 Å². The summed E-state index contributed by atoms with van der Waals surface area (Å²) < 4.78 is 5.28. The van der Waals surface area contributed by atoms with E-state index in [4.69, 9.17) is 4.74 Å². The van der Waals surface area contributed by atoms with Crippen LogP contribution in [0.5, 0.6) is 5.75 Å². The molecule has 0 bridgehead atoms. The molecule has 3 rings (SSSR count). The summed E-state index contributed by atoms with van der Waals surface area (Å²) in [6.07, 6.45) is 0. The summed E-state index contributed by atoms with van der Waals surface area (Å²) in [6.45, 7) is 2.40. The number of carbonyl (C=O) groups is 1. The molecule has 0 radical (unpaired) electrons. The van der Waals surface area contributed by atoms with E-state index in [0.29, 0.717) is 12.4 Å². The molecule has 1 heterocycles. The number of anilines is 1. The van der Waals surface area contributed by atoms with E-state index >= 15 is 0 Å². The fourth-order valence-electron chi connectivity index (χ4n) is 2.69. The standard InChI is InChI=1S/C21H22N4O2/c1-15(16-8-4-3-5-9-16)23-20-13-12-18(24-25-20)21(26)22-14-17-10-6-7-11-19(17)27-2/h3-13,15H,14H2,1-2H3,(H,22,26)(H,23,25). The van der Waals surface area contributed by atoms with Crippen molar-refractivity contribution >= 4 is 11.7 Å². The molecular weight excluding hydrogens is 340 g/mol. The van der Waals surface area contributed by atoms with Gasteiger partial charge in [0.25, 0.3) is 5.91 Å². The Balaban J connectivity index is 1.59. The average molecular weight is 362 g/mol. The number of nitrogens with one attached hydrogen (secondary N) is 2. The first-order valence-electron chi connectivity index (χ1n) is 8.72. The Morgan fingerprint density at radius 3 is 2.44 bits per heavy atom. The van der Waals surface area contributed by atoms with Crippen LogP contribution in [0.3, 0.4) is 0 Å². The molecular formula is C21H22N4O2. The summed E-state index contributed by atoms with van der Waals surface area (Å²) in [5.41, 5.74) is 2.32. The van der Waals surface area contributed by atoms with E-state index in [1.807, 2.05) is 61.5 Å². The van der Waals surface area contributed by atoms with Gasteiger partial charge >= 0.3 is 0 Å². The molecule has 0 saturated heterocycles. The Hall–Kier alpha value is -3.41. The monoisotopic (exact) mass is 362 g/mol. The molecule has 3 aromatic rings. The van der Waals surface area contributed by atoms with Crippen LogP contribution in [0.1, 0.15) is 34.6 Å². The van der Waals surface area contributed by atoms with Crippen molar-refractivity contribution in [3.8, 4) is 5.75 Å². The molecule has 6 heteroatoms. The number of amides is 1. The van der Waals surface area contributed by atoms with Crippen LogP contribution in [-0.4, -0.2) is 23.2 Å². The topological polar surface area (TPSA) is 76.1 Å². The zero-order valence-electron chi connectivity index (χ0n) is 15.3. The van der Waals surface area contributed by atoms with E-state index in [9.17, 15) is 4.79 Å². The van der Waals surface area contributed by atoms with E-state index in [0.717, 1.165) is 16.9 Å². The van der Waals surface area contributed by atoms with Gasteiger partial charge in [-0.15, -0.1) is 10.2 Å². The number of benzene rings is 2. The van der Waals surface area contributed by atoms with Crippen LogP contribution in [0.15, 0.2) is 66.7 Å². The lowest BCUT2D eigenvalue weighted by Gasteiger charge is -2.14. The molecule has 0 aliphatic carbocycles. The number of hydrogen-bond acceptors (Lipinski definition) is 5. The number of para-hydroxylation sites is 1. The van der Waals surface area contributed by atoms with E-state index in [-0.39, 0.29) is 17.6 Å². The normalized spacial score (nSPS) is 11.5. The lowest BCUT2D eigenvalue weighted by Crippen LogP contribution is -2.24. The quantitative estimate of drug-likeness (QED) is 0.672. The van der Waals surface area contributed by atoms with Gasteiger partial charge in [0.2, 0.25) is 0 Å². The molecule has 6 nitrogen and oxygen atoms in total. The molecule has 2 N–H and O–H groups in total. The van der Waals surface area contributed by atoms with Crippen molar-refractivity contribution in [1.29, 1.82) is 0 Å². The molecule has 0 aliphatic heterocycles. The van der Waals surface area contributed by atoms with E-state index in [2.05, 4.69) is 20.8 Å². The van der Waals surface area contributed by atoms with E-state index < -0.39 is 0 Å². The molecule has 0 fully saturated rings. The van der Waals surface area contributed by atoms with Gasteiger partial charge in [-0.3, -0.25) is 4.79 Å². The molecule has 1 aromatic heterocycles. The Kier molecular flexibility index (Phi) is 5.99. The Morgan fingerprint density at radius 2 is 1.74 bits per heavy atom. The molecule has 0 spiro atoms. The maximum atomic E-state index is 12.3. The van der Waals surface area contributed by atoms with Gasteiger partial charge < -0.3 is 15.4 Å². The zero-order chi connectivity index (χ0) is 19.1. The summed E-state index contributed by atoms with van der Waals surface area (Å²) in [6, 6.07) is 21.1. The summed E-state index contributed by atoms with van der Waals surface area (Å²) >= 11 is 0. The number of methoxy groups -OCH3 is 1. The van der Waals surface area contributed by atoms with Gasteiger partial charge in [-0.2, -0.15) is 0 Å². The number of rotatable bonds is 7. The smallest absolute Gasteiger partial charge is 0.272 e.